The molecule has 13 heavy (non-hydrogen) atoms. The van der Waals surface area contributed by atoms with Crippen molar-refractivity contribution in [2.24, 2.45) is 0 Å². The maximum atomic E-state index is 10.8. The minimum Gasteiger partial charge on any atom is -0.247 e. The van der Waals surface area contributed by atoms with Crippen molar-refractivity contribution in [1.29, 1.82) is 0 Å². The largest absolute Gasteiger partial charge is 0.381 e. The van der Waals surface area contributed by atoms with E-state index in [0.29, 0.717) is 0 Å². The van der Waals surface area contributed by atoms with E-state index in [2.05, 4.69) is 16.4 Å². The summed E-state index contributed by atoms with van der Waals surface area (Å²) in [6, 6.07) is 0. The minimum atomic E-state index is -0.718. The van der Waals surface area contributed by atoms with Crippen molar-refractivity contribution in [3.63, 3.8) is 0 Å². The van der Waals surface area contributed by atoms with Crippen molar-refractivity contribution in [2.75, 3.05) is 0 Å². The zero-order chi connectivity index (χ0) is 10.3. The number of hydrogen-bond donors (Lipinski definition) is 0. The predicted molar refractivity (Wildman–Crippen MR) is 46.5 cm³/mol. The molecule has 0 aliphatic rings. The Hall–Kier alpha value is -1.32. The molecule has 0 aliphatic heterocycles. The second kappa shape index (κ2) is 6.22. The molecule has 0 heterocycles. The third-order valence-corrected chi connectivity index (χ3v) is 1.29. The number of rotatable bonds is 4. The first-order valence-corrected chi connectivity index (χ1v) is 4.15. The van der Waals surface area contributed by atoms with Crippen molar-refractivity contribution in [3.05, 3.63) is 12.2 Å². The van der Waals surface area contributed by atoms with Gasteiger partial charge in [0.2, 0.25) is 0 Å². The summed E-state index contributed by atoms with van der Waals surface area (Å²) in [7, 11) is 0. The number of carbonyl (C=O) groups is 2. The van der Waals surface area contributed by atoms with Crippen LogP contribution in [-0.4, -0.2) is 11.9 Å². The molecule has 0 aromatic carbocycles. The van der Waals surface area contributed by atoms with Crippen LogP contribution < -0.4 is 0 Å². The summed E-state index contributed by atoms with van der Waals surface area (Å²) in [5.41, 5.74) is 0.197. The number of carbonyl (C=O) groups excluding carboxylic acids is 2. The van der Waals surface area contributed by atoms with Gasteiger partial charge in [0.25, 0.3) is 0 Å². The van der Waals surface area contributed by atoms with E-state index in [0.717, 1.165) is 12.8 Å². The molecule has 0 rings (SSSR count). The Kier molecular flexibility index (Phi) is 5.59. The molecule has 74 valence electrons. The zero-order valence-corrected chi connectivity index (χ0v) is 7.96. The highest BCUT2D eigenvalue weighted by atomic mass is 17.2. The monoisotopic (exact) mass is 186 g/mol. The fraction of sp³-hybridized carbons (Fsp3) is 0.556. The Labute approximate surface area is 77.4 Å². The first kappa shape index (κ1) is 11.7. The van der Waals surface area contributed by atoms with Crippen LogP contribution in [0.4, 0.5) is 0 Å². The van der Waals surface area contributed by atoms with E-state index < -0.39 is 11.9 Å². The smallest absolute Gasteiger partial charge is 0.247 e. The molecule has 0 bridgehead atoms. The van der Waals surface area contributed by atoms with Crippen molar-refractivity contribution in [2.45, 2.75) is 33.1 Å². The highest BCUT2D eigenvalue weighted by Crippen LogP contribution is 1.99. The Morgan fingerprint density at radius 3 is 2.38 bits per heavy atom. The molecule has 0 fully saturated rings. The molecule has 0 atom stereocenters. The van der Waals surface area contributed by atoms with Gasteiger partial charge >= 0.3 is 11.9 Å². The van der Waals surface area contributed by atoms with E-state index >= 15 is 0 Å². The normalized spacial score (nSPS) is 9.08. The van der Waals surface area contributed by atoms with Crippen LogP contribution in [-0.2, 0) is 19.4 Å². The van der Waals surface area contributed by atoms with Crippen molar-refractivity contribution >= 4 is 11.9 Å². The van der Waals surface area contributed by atoms with Crippen LogP contribution in [0.25, 0.3) is 0 Å². The summed E-state index contributed by atoms with van der Waals surface area (Å²) >= 11 is 0. The van der Waals surface area contributed by atoms with Crippen LogP contribution in [0, 0.1) is 0 Å². The molecule has 0 unspecified atom stereocenters. The fourth-order valence-corrected chi connectivity index (χ4v) is 0.518. The first-order valence-electron chi connectivity index (χ1n) is 4.15. The average molecular weight is 186 g/mol. The average Bonchev–Trinajstić information content (AvgIpc) is 2.10. The molecule has 0 aromatic heterocycles. The van der Waals surface area contributed by atoms with Gasteiger partial charge in [-0.1, -0.05) is 19.9 Å². The molecule has 0 spiro atoms. The van der Waals surface area contributed by atoms with Crippen LogP contribution in [0.5, 0.6) is 0 Å². The second-order valence-corrected chi connectivity index (χ2v) is 2.71. The molecule has 0 saturated heterocycles. The molecule has 0 radical (unpaired) electrons. The van der Waals surface area contributed by atoms with Gasteiger partial charge in [-0.05, 0) is 13.3 Å². The molecule has 4 nitrogen and oxygen atoms in total. The summed E-state index contributed by atoms with van der Waals surface area (Å²) in [6.45, 7) is 6.76. The van der Waals surface area contributed by atoms with E-state index in [1.165, 1.54) is 6.92 Å². The van der Waals surface area contributed by atoms with E-state index in [1.807, 2.05) is 6.92 Å². The van der Waals surface area contributed by atoms with Gasteiger partial charge in [-0.2, -0.15) is 0 Å². The van der Waals surface area contributed by atoms with Gasteiger partial charge in [-0.3, -0.25) is 0 Å². The standard InChI is InChI=1S/C9H14O4/c1-4-5-6-8(10)12-13-9(11)7(2)3/h2,4-6H2,1,3H3. The Balaban J connectivity index is 3.58. The van der Waals surface area contributed by atoms with E-state index in [4.69, 9.17) is 0 Å². The molecule has 4 heteroatoms. The Bertz CT molecular complexity index is 208. The van der Waals surface area contributed by atoms with Gasteiger partial charge in [0.05, 0.1) is 6.42 Å². The van der Waals surface area contributed by atoms with Gasteiger partial charge < -0.3 is 0 Å². The summed E-state index contributed by atoms with van der Waals surface area (Å²) in [5, 5.41) is 0. The molecule has 0 aliphatic carbocycles. The Morgan fingerprint density at radius 1 is 1.31 bits per heavy atom. The molecule has 0 amide bonds. The van der Waals surface area contributed by atoms with Crippen molar-refractivity contribution in [1.82, 2.24) is 0 Å². The van der Waals surface area contributed by atoms with E-state index in [1.54, 1.807) is 0 Å². The lowest BCUT2D eigenvalue weighted by molar-refractivity contribution is -0.255. The fourth-order valence-electron chi connectivity index (χ4n) is 0.518. The molecular formula is C9H14O4. The van der Waals surface area contributed by atoms with Crippen LogP contribution in [0.15, 0.2) is 12.2 Å². The van der Waals surface area contributed by atoms with Crippen LogP contribution >= 0.6 is 0 Å². The lowest BCUT2D eigenvalue weighted by Crippen LogP contribution is -2.11. The van der Waals surface area contributed by atoms with Gasteiger partial charge in [-0.15, -0.1) is 0 Å². The second-order valence-electron chi connectivity index (χ2n) is 2.71. The SMILES string of the molecule is C=C(C)C(=O)OOC(=O)CCCC. The van der Waals surface area contributed by atoms with Gasteiger partial charge in [0.1, 0.15) is 0 Å². The Morgan fingerprint density at radius 2 is 1.92 bits per heavy atom. The van der Waals surface area contributed by atoms with E-state index in [9.17, 15) is 9.59 Å². The summed E-state index contributed by atoms with van der Waals surface area (Å²) < 4.78 is 0. The highest BCUT2D eigenvalue weighted by Gasteiger charge is 2.08. The highest BCUT2D eigenvalue weighted by molar-refractivity contribution is 5.87. The maximum Gasteiger partial charge on any atom is 0.381 e. The van der Waals surface area contributed by atoms with E-state index in [-0.39, 0.29) is 12.0 Å². The summed E-state index contributed by atoms with van der Waals surface area (Å²) in [4.78, 5) is 29.9. The van der Waals surface area contributed by atoms with Crippen LogP contribution in [0.2, 0.25) is 0 Å². The number of hydrogen-bond acceptors (Lipinski definition) is 4. The predicted octanol–water partition coefficient (Wildman–Crippen LogP) is 1.75. The van der Waals surface area contributed by atoms with Gasteiger partial charge in [0.15, 0.2) is 0 Å². The lowest BCUT2D eigenvalue weighted by atomic mass is 10.3. The lowest BCUT2D eigenvalue weighted by Gasteiger charge is -2.01. The molecular weight excluding hydrogens is 172 g/mol. The number of unbranched alkanes of at least 4 members (excludes halogenated alkanes) is 1. The van der Waals surface area contributed by atoms with Crippen LogP contribution in [0.3, 0.4) is 0 Å². The first-order chi connectivity index (χ1) is 6.07. The van der Waals surface area contributed by atoms with Gasteiger partial charge in [-0.25, -0.2) is 19.4 Å². The summed E-state index contributed by atoms with van der Waals surface area (Å²) in [5.74, 6) is -1.25. The third kappa shape index (κ3) is 5.90. The molecule has 0 aromatic rings. The van der Waals surface area contributed by atoms with Gasteiger partial charge in [0, 0.05) is 5.57 Å². The van der Waals surface area contributed by atoms with Crippen LogP contribution in [0.1, 0.15) is 33.1 Å². The zero-order valence-electron chi connectivity index (χ0n) is 7.96. The molecule has 0 N–H and O–H groups in total. The van der Waals surface area contributed by atoms with Crippen molar-refractivity contribution < 1.29 is 19.4 Å². The quantitative estimate of drug-likeness (QED) is 0.381. The maximum absolute atomic E-state index is 10.8. The summed E-state index contributed by atoms with van der Waals surface area (Å²) in [6.07, 6.45) is 1.88. The topological polar surface area (TPSA) is 52.6 Å². The minimum absolute atomic E-state index is 0.197. The third-order valence-electron chi connectivity index (χ3n) is 1.29. The molecule has 0 saturated carbocycles. The van der Waals surface area contributed by atoms with Crippen molar-refractivity contribution in [3.8, 4) is 0 Å².